The number of nitrogens with one attached hydrogen (secondary N) is 1. The first-order valence-electron chi connectivity index (χ1n) is 5.44. The summed E-state index contributed by atoms with van der Waals surface area (Å²) in [5, 5.41) is 20.1. The number of hydrogen-bond donors (Lipinski definition) is 4. The summed E-state index contributed by atoms with van der Waals surface area (Å²) >= 11 is 3.91. The molecule has 0 spiro atoms. The van der Waals surface area contributed by atoms with Gasteiger partial charge in [0, 0.05) is 0 Å². The van der Waals surface area contributed by atoms with Crippen LogP contribution in [0.1, 0.15) is 27.1 Å². The number of benzene rings is 1. The summed E-state index contributed by atoms with van der Waals surface area (Å²) in [6, 6.07) is 4.52. The van der Waals surface area contributed by atoms with Gasteiger partial charge in [0.05, 0.1) is 11.1 Å². The quantitative estimate of drug-likeness (QED) is 0.580. The number of aliphatic carboxylic acids is 1. The zero-order chi connectivity index (χ0) is 14.4. The largest absolute Gasteiger partial charge is 0.480 e. The fourth-order valence-corrected chi connectivity index (χ4v) is 1.75. The van der Waals surface area contributed by atoms with E-state index in [1.807, 2.05) is 0 Å². The lowest BCUT2D eigenvalue weighted by Gasteiger charge is -2.14. The van der Waals surface area contributed by atoms with E-state index in [-0.39, 0.29) is 23.3 Å². The van der Waals surface area contributed by atoms with Gasteiger partial charge in [0.25, 0.3) is 5.91 Å². The highest BCUT2D eigenvalue weighted by molar-refractivity contribution is 7.80. The Morgan fingerprint density at radius 2 is 1.74 bits per heavy atom. The van der Waals surface area contributed by atoms with Gasteiger partial charge in [0.1, 0.15) is 6.04 Å². The first kappa shape index (κ1) is 15.0. The van der Waals surface area contributed by atoms with Gasteiger partial charge in [-0.15, -0.1) is 0 Å². The molecule has 19 heavy (non-hydrogen) atoms. The molecular formula is C12H13NO5S. The third kappa shape index (κ3) is 3.99. The number of carbonyl (C=O) groups excluding carboxylic acids is 1. The minimum atomic E-state index is -1.24. The van der Waals surface area contributed by atoms with E-state index in [9.17, 15) is 14.4 Å². The highest BCUT2D eigenvalue weighted by atomic mass is 32.1. The second-order valence-electron chi connectivity index (χ2n) is 3.73. The number of rotatable bonds is 6. The van der Waals surface area contributed by atoms with Crippen LogP contribution in [0.15, 0.2) is 24.3 Å². The van der Waals surface area contributed by atoms with Crippen LogP contribution in [0.2, 0.25) is 0 Å². The summed E-state index contributed by atoms with van der Waals surface area (Å²) in [5.74, 6) is -2.87. The molecule has 1 amide bonds. The Kier molecular flexibility index (Phi) is 5.37. The van der Waals surface area contributed by atoms with Crippen LogP contribution in [0, 0.1) is 0 Å². The Morgan fingerprint density at radius 3 is 2.21 bits per heavy atom. The second-order valence-corrected chi connectivity index (χ2v) is 4.17. The molecular weight excluding hydrogens is 270 g/mol. The van der Waals surface area contributed by atoms with Crippen LogP contribution in [-0.4, -0.2) is 39.9 Å². The van der Waals surface area contributed by atoms with Crippen LogP contribution >= 0.6 is 12.6 Å². The van der Waals surface area contributed by atoms with Crippen LogP contribution in [0.5, 0.6) is 0 Å². The SMILES string of the molecule is O=C(O)c1ccccc1C(=O)N[C@@H](CCS)C(=O)O. The molecule has 0 aromatic heterocycles. The Labute approximate surface area is 114 Å². The minimum Gasteiger partial charge on any atom is -0.480 e. The number of aromatic carboxylic acids is 1. The van der Waals surface area contributed by atoms with Gasteiger partial charge >= 0.3 is 11.9 Å². The summed E-state index contributed by atoms with van der Waals surface area (Å²) in [6.45, 7) is 0. The molecule has 6 nitrogen and oxygen atoms in total. The van der Waals surface area contributed by atoms with Crippen molar-refractivity contribution in [3.63, 3.8) is 0 Å². The molecule has 0 bridgehead atoms. The van der Waals surface area contributed by atoms with Crippen molar-refractivity contribution in [3.05, 3.63) is 35.4 Å². The van der Waals surface area contributed by atoms with Gasteiger partial charge in [-0.3, -0.25) is 4.79 Å². The van der Waals surface area contributed by atoms with Gasteiger partial charge in [-0.05, 0) is 24.3 Å². The smallest absolute Gasteiger partial charge is 0.336 e. The van der Waals surface area contributed by atoms with Crippen molar-refractivity contribution >= 4 is 30.5 Å². The van der Waals surface area contributed by atoms with Crippen LogP contribution in [0.3, 0.4) is 0 Å². The number of carboxylic acids is 2. The van der Waals surface area contributed by atoms with Gasteiger partial charge in [-0.25, -0.2) is 9.59 Å². The molecule has 1 aromatic rings. The third-order valence-electron chi connectivity index (χ3n) is 2.42. The summed E-state index contributed by atoms with van der Waals surface area (Å²) in [6.07, 6.45) is 0.152. The van der Waals surface area contributed by atoms with E-state index in [0.29, 0.717) is 0 Å². The average Bonchev–Trinajstić information content (AvgIpc) is 2.37. The molecule has 1 rings (SSSR count). The minimum absolute atomic E-state index is 0.0691. The number of amides is 1. The van der Waals surface area contributed by atoms with Gasteiger partial charge in [-0.1, -0.05) is 12.1 Å². The molecule has 102 valence electrons. The van der Waals surface area contributed by atoms with E-state index >= 15 is 0 Å². The normalized spacial score (nSPS) is 11.6. The van der Waals surface area contributed by atoms with Crippen molar-refractivity contribution in [1.82, 2.24) is 5.32 Å². The van der Waals surface area contributed by atoms with E-state index < -0.39 is 23.9 Å². The fraction of sp³-hybridized carbons (Fsp3) is 0.250. The molecule has 0 aliphatic carbocycles. The maximum absolute atomic E-state index is 11.9. The lowest BCUT2D eigenvalue weighted by molar-refractivity contribution is -0.139. The molecule has 1 aromatic carbocycles. The standard InChI is InChI=1S/C12H13NO5S/c14-10(13-9(5-6-19)12(17)18)7-3-1-2-4-8(7)11(15)16/h1-4,9,19H,5-6H2,(H,13,14)(H,15,16)(H,17,18)/t9-/m0/s1. The van der Waals surface area contributed by atoms with Crippen molar-refractivity contribution < 1.29 is 24.6 Å². The molecule has 7 heteroatoms. The molecule has 0 aliphatic rings. The van der Waals surface area contributed by atoms with Crippen LogP contribution in [0.25, 0.3) is 0 Å². The Bertz CT molecular complexity index is 503. The van der Waals surface area contributed by atoms with E-state index in [4.69, 9.17) is 10.2 Å². The number of thiol groups is 1. The average molecular weight is 283 g/mol. The topological polar surface area (TPSA) is 104 Å². The van der Waals surface area contributed by atoms with Crippen LogP contribution in [0.4, 0.5) is 0 Å². The summed E-state index contributed by atoms with van der Waals surface area (Å²) < 4.78 is 0. The molecule has 1 atom stereocenters. The Morgan fingerprint density at radius 1 is 1.16 bits per heavy atom. The number of carbonyl (C=O) groups is 3. The summed E-state index contributed by atoms with van der Waals surface area (Å²) in [5.41, 5.74) is -0.240. The summed E-state index contributed by atoms with van der Waals surface area (Å²) in [7, 11) is 0. The third-order valence-corrected chi connectivity index (χ3v) is 2.68. The highest BCUT2D eigenvalue weighted by Gasteiger charge is 2.22. The van der Waals surface area contributed by atoms with Crippen molar-refractivity contribution in [2.45, 2.75) is 12.5 Å². The second kappa shape index (κ2) is 6.79. The monoisotopic (exact) mass is 283 g/mol. The van der Waals surface area contributed by atoms with E-state index in [1.54, 1.807) is 0 Å². The molecule has 3 N–H and O–H groups in total. The molecule has 0 heterocycles. The lowest BCUT2D eigenvalue weighted by atomic mass is 10.1. The maximum Gasteiger partial charge on any atom is 0.336 e. The molecule has 0 aliphatic heterocycles. The van der Waals surface area contributed by atoms with Crippen LogP contribution in [-0.2, 0) is 4.79 Å². The van der Waals surface area contributed by atoms with E-state index in [0.717, 1.165) is 0 Å². The van der Waals surface area contributed by atoms with Crippen molar-refractivity contribution in [1.29, 1.82) is 0 Å². The van der Waals surface area contributed by atoms with Gasteiger partial charge < -0.3 is 15.5 Å². The first-order chi connectivity index (χ1) is 8.97. The molecule has 0 saturated carbocycles. The Balaban J connectivity index is 2.94. The van der Waals surface area contributed by atoms with E-state index in [2.05, 4.69) is 17.9 Å². The number of carboxylic acid groups (broad SMARTS) is 2. The molecule has 0 radical (unpaired) electrons. The first-order valence-corrected chi connectivity index (χ1v) is 6.07. The van der Waals surface area contributed by atoms with Crippen molar-refractivity contribution in [3.8, 4) is 0 Å². The highest BCUT2D eigenvalue weighted by Crippen LogP contribution is 2.09. The van der Waals surface area contributed by atoms with Gasteiger partial charge in [0.15, 0.2) is 0 Å². The molecule has 0 unspecified atom stereocenters. The van der Waals surface area contributed by atoms with E-state index in [1.165, 1.54) is 24.3 Å². The predicted molar refractivity (Wildman–Crippen MR) is 70.8 cm³/mol. The number of hydrogen-bond acceptors (Lipinski definition) is 4. The zero-order valence-electron chi connectivity index (χ0n) is 9.87. The fourth-order valence-electron chi connectivity index (χ4n) is 1.49. The van der Waals surface area contributed by atoms with Gasteiger partial charge in [0.2, 0.25) is 0 Å². The van der Waals surface area contributed by atoms with Crippen molar-refractivity contribution in [2.24, 2.45) is 0 Å². The molecule has 0 fully saturated rings. The Hall–Kier alpha value is -2.02. The maximum atomic E-state index is 11.9. The zero-order valence-corrected chi connectivity index (χ0v) is 10.8. The van der Waals surface area contributed by atoms with Gasteiger partial charge in [-0.2, -0.15) is 12.6 Å². The lowest BCUT2D eigenvalue weighted by Crippen LogP contribution is -2.41. The predicted octanol–water partition coefficient (Wildman–Crippen LogP) is 0.888. The van der Waals surface area contributed by atoms with Crippen LogP contribution < -0.4 is 5.32 Å². The molecule has 0 saturated heterocycles. The van der Waals surface area contributed by atoms with Crippen molar-refractivity contribution in [2.75, 3.05) is 5.75 Å². The summed E-state index contributed by atoms with van der Waals surface area (Å²) in [4.78, 5) is 33.8.